The Morgan fingerprint density at radius 3 is 2.60 bits per heavy atom. The second kappa shape index (κ2) is 7.20. The number of likely N-dealkylation sites (tertiary alicyclic amines) is 1. The molecule has 1 aliphatic rings. The van der Waals surface area contributed by atoms with Gasteiger partial charge in [-0.1, -0.05) is 30.3 Å². The number of amides is 1. The number of carbonyl (C=O) groups is 2. The molecular weight excluding hydrogens is 252 g/mol. The van der Waals surface area contributed by atoms with Crippen molar-refractivity contribution in [1.82, 2.24) is 4.90 Å². The Hall–Kier alpha value is -1.68. The Morgan fingerprint density at radius 1 is 1.15 bits per heavy atom. The second-order valence-corrected chi connectivity index (χ2v) is 5.26. The molecule has 1 aromatic carbocycles. The van der Waals surface area contributed by atoms with Gasteiger partial charge in [0.2, 0.25) is 5.91 Å². The van der Waals surface area contributed by atoms with Crippen molar-refractivity contribution in [2.75, 3.05) is 13.1 Å². The molecule has 0 radical (unpaired) electrons. The van der Waals surface area contributed by atoms with E-state index in [4.69, 9.17) is 5.73 Å². The monoisotopic (exact) mass is 274 g/mol. The minimum Gasteiger partial charge on any atom is -0.338 e. The first-order valence-electron chi connectivity index (χ1n) is 7.30. The van der Waals surface area contributed by atoms with Gasteiger partial charge < -0.3 is 10.6 Å². The van der Waals surface area contributed by atoms with E-state index < -0.39 is 0 Å². The van der Waals surface area contributed by atoms with Crippen LogP contribution in [-0.4, -0.2) is 35.7 Å². The SMILES string of the molecule is NCC1CCCCN1C(=O)CCC(=O)c1ccccc1. The van der Waals surface area contributed by atoms with Gasteiger partial charge in [0.25, 0.3) is 0 Å². The highest BCUT2D eigenvalue weighted by atomic mass is 16.2. The molecule has 1 aliphatic heterocycles. The van der Waals surface area contributed by atoms with Crippen molar-refractivity contribution < 1.29 is 9.59 Å². The minimum atomic E-state index is 0.0280. The van der Waals surface area contributed by atoms with E-state index in [1.807, 2.05) is 23.1 Å². The first kappa shape index (κ1) is 14.7. The molecule has 108 valence electrons. The highest BCUT2D eigenvalue weighted by Crippen LogP contribution is 2.18. The third kappa shape index (κ3) is 3.67. The van der Waals surface area contributed by atoms with Gasteiger partial charge in [-0.2, -0.15) is 0 Å². The van der Waals surface area contributed by atoms with Gasteiger partial charge in [-0.3, -0.25) is 9.59 Å². The molecule has 20 heavy (non-hydrogen) atoms. The Morgan fingerprint density at radius 2 is 1.90 bits per heavy atom. The van der Waals surface area contributed by atoms with Gasteiger partial charge in [-0.05, 0) is 19.3 Å². The lowest BCUT2D eigenvalue weighted by Crippen LogP contribution is -2.47. The molecule has 0 aliphatic carbocycles. The largest absolute Gasteiger partial charge is 0.338 e. The molecule has 2 rings (SSSR count). The van der Waals surface area contributed by atoms with Gasteiger partial charge in [0.05, 0.1) is 0 Å². The van der Waals surface area contributed by atoms with Crippen LogP contribution in [0.4, 0.5) is 0 Å². The predicted octanol–water partition coefficient (Wildman–Crippen LogP) is 1.99. The van der Waals surface area contributed by atoms with Gasteiger partial charge in [0.15, 0.2) is 5.78 Å². The quantitative estimate of drug-likeness (QED) is 0.835. The third-order valence-electron chi connectivity index (χ3n) is 3.88. The van der Waals surface area contributed by atoms with Crippen LogP contribution in [-0.2, 0) is 4.79 Å². The number of hydrogen-bond acceptors (Lipinski definition) is 3. The molecule has 1 unspecified atom stereocenters. The Bertz CT molecular complexity index is 459. The first-order chi connectivity index (χ1) is 9.72. The van der Waals surface area contributed by atoms with Gasteiger partial charge in [-0.15, -0.1) is 0 Å². The van der Waals surface area contributed by atoms with Gasteiger partial charge >= 0.3 is 0 Å². The van der Waals surface area contributed by atoms with Crippen LogP contribution < -0.4 is 5.73 Å². The molecule has 1 aromatic rings. The van der Waals surface area contributed by atoms with Crippen molar-refractivity contribution in [3.63, 3.8) is 0 Å². The molecule has 1 saturated heterocycles. The van der Waals surface area contributed by atoms with Crippen LogP contribution in [0.25, 0.3) is 0 Å². The van der Waals surface area contributed by atoms with E-state index in [9.17, 15) is 9.59 Å². The van der Waals surface area contributed by atoms with Crippen molar-refractivity contribution in [3.05, 3.63) is 35.9 Å². The number of hydrogen-bond donors (Lipinski definition) is 1. The van der Waals surface area contributed by atoms with Crippen LogP contribution in [0.1, 0.15) is 42.5 Å². The van der Waals surface area contributed by atoms with Crippen molar-refractivity contribution >= 4 is 11.7 Å². The molecule has 1 atom stereocenters. The molecule has 0 spiro atoms. The van der Waals surface area contributed by atoms with Crippen LogP contribution >= 0.6 is 0 Å². The molecular formula is C16H22N2O2. The maximum absolute atomic E-state index is 12.2. The summed E-state index contributed by atoms with van der Waals surface area (Å²) in [5.74, 6) is 0.0877. The molecule has 4 nitrogen and oxygen atoms in total. The maximum atomic E-state index is 12.2. The fraction of sp³-hybridized carbons (Fsp3) is 0.500. The van der Waals surface area contributed by atoms with Crippen molar-refractivity contribution in [2.45, 2.75) is 38.1 Å². The summed E-state index contributed by atoms with van der Waals surface area (Å²) in [7, 11) is 0. The normalized spacial score (nSPS) is 18.9. The zero-order valence-electron chi connectivity index (χ0n) is 11.8. The van der Waals surface area contributed by atoms with Crippen LogP contribution in [0, 0.1) is 0 Å². The number of benzene rings is 1. The van der Waals surface area contributed by atoms with Gasteiger partial charge in [-0.25, -0.2) is 0 Å². The van der Waals surface area contributed by atoms with Crippen molar-refractivity contribution in [1.29, 1.82) is 0 Å². The average Bonchev–Trinajstić information content (AvgIpc) is 2.53. The van der Waals surface area contributed by atoms with E-state index in [2.05, 4.69) is 0 Å². The molecule has 1 amide bonds. The molecule has 1 fully saturated rings. The van der Waals surface area contributed by atoms with Gasteiger partial charge in [0, 0.05) is 37.5 Å². The Kier molecular flexibility index (Phi) is 5.30. The first-order valence-corrected chi connectivity index (χ1v) is 7.30. The molecule has 0 aromatic heterocycles. The van der Waals surface area contributed by atoms with E-state index in [1.54, 1.807) is 12.1 Å². The Balaban J connectivity index is 1.87. The fourth-order valence-corrected chi connectivity index (χ4v) is 2.71. The second-order valence-electron chi connectivity index (χ2n) is 5.26. The molecule has 0 bridgehead atoms. The molecule has 2 N–H and O–H groups in total. The Labute approximate surface area is 119 Å². The zero-order chi connectivity index (χ0) is 14.4. The van der Waals surface area contributed by atoms with Crippen LogP contribution in [0.15, 0.2) is 30.3 Å². The summed E-state index contributed by atoms with van der Waals surface area (Å²) in [6, 6.07) is 9.28. The predicted molar refractivity (Wildman–Crippen MR) is 78.4 cm³/mol. The summed E-state index contributed by atoms with van der Waals surface area (Å²) in [5, 5.41) is 0. The van der Waals surface area contributed by atoms with E-state index in [1.165, 1.54) is 0 Å². The highest BCUT2D eigenvalue weighted by Gasteiger charge is 2.25. The molecule has 1 heterocycles. The molecule has 0 saturated carbocycles. The van der Waals surface area contributed by atoms with Crippen LogP contribution in [0.5, 0.6) is 0 Å². The zero-order valence-corrected chi connectivity index (χ0v) is 11.8. The lowest BCUT2D eigenvalue weighted by Gasteiger charge is -2.35. The summed E-state index contributed by atoms with van der Waals surface area (Å²) in [6.07, 6.45) is 3.71. The van der Waals surface area contributed by atoms with E-state index in [-0.39, 0.29) is 30.6 Å². The summed E-state index contributed by atoms with van der Waals surface area (Å²) in [5.41, 5.74) is 6.39. The number of rotatable bonds is 5. The van der Waals surface area contributed by atoms with Crippen molar-refractivity contribution in [3.8, 4) is 0 Å². The standard InChI is InChI=1S/C16H22N2O2/c17-12-14-8-4-5-11-18(14)16(20)10-9-15(19)13-6-2-1-3-7-13/h1-3,6-7,14H,4-5,8-12,17H2. The van der Waals surface area contributed by atoms with Crippen LogP contribution in [0.2, 0.25) is 0 Å². The highest BCUT2D eigenvalue weighted by molar-refractivity contribution is 5.97. The van der Waals surface area contributed by atoms with E-state index >= 15 is 0 Å². The third-order valence-corrected chi connectivity index (χ3v) is 3.88. The van der Waals surface area contributed by atoms with Crippen molar-refractivity contribution in [2.24, 2.45) is 5.73 Å². The van der Waals surface area contributed by atoms with Crippen LogP contribution in [0.3, 0.4) is 0 Å². The summed E-state index contributed by atoms with van der Waals surface area (Å²) >= 11 is 0. The molecule has 4 heteroatoms. The van der Waals surface area contributed by atoms with E-state index in [0.29, 0.717) is 12.1 Å². The topological polar surface area (TPSA) is 63.4 Å². The number of Topliss-reactive ketones (excluding diaryl/α,β-unsaturated/α-hetero) is 1. The van der Waals surface area contributed by atoms with Gasteiger partial charge in [0.1, 0.15) is 0 Å². The fourth-order valence-electron chi connectivity index (χ4n) is 2.71. The lowest BCUT2D eigenvalue weighted by atomic mass is 10.0. The lowest BCUT2D eigenvalue weighted by molar-refractivity contribution is -0.134. The average molecular weight is 274 g/mol. The minimum absolute atomic E-state index is 0.0280. The smallest absolute Gasteiger partial charge is 0.223 e. The number of carbonyl (C=O) groups excluding carboxylic acids is 2. The maximum Gasteiger partial charge on any atom is 0.223 e. The summed E-state index contributed by atoms with van der Waals surface area (Å²) in [6.45, 7) is 1.29. The number of ketones is 1. The number of nitrogens with zero attached hydrogens (tertiary/aromatic N) is 1. The number of piperidine rings is 1. The van der Waals surface area contributed by atoms with E-state index in [0.717, 1.165) is 25.8 Å². The number of nitrogens with two attached hydrogens (primary N) is 1. The summed E-state index contributed by atoms with van der Waals surface area (Å²) < 4.78 is 0. The summed E-state index contributed by atoms with van der Waals surface area (Å²) in [4.78, 5) is 26.1.